The van der Waals surface area contributed by atoms with Gasteiger partial charge in [0.1, 0.15) is 0 Å². The van der Waals surface area contributed by atoms with Crippen LogP contribution in [0.25, 0.3) is 0 Å². The molecule has 0 saturated heterocycles. The summed E-state index contributed by atoms with van der Waals surface area (Å²) >= 11 is 0. The molecule has 0 atom stereocenters. The second-order valence-electron chi connectivity index (χ2n) is 4.54. The smallest absolute Gasteiger partial charge is 0.0867 e. The molecular weight excluding hydrogens is 258 g/mol. The van der Waals surface area contributed by atoms with E-state index < -0.39 is 0 Å². The van der Waals surface area contributed by atoms with Gasteiger partial charge >= 0.3 is 0 Å². The monoisotopic (exact) mass is 277 g/mol. The molecule has 0 spiro atoms. The summed E-state index contributed by atoms with van der Waals surface area (Å²) in [6.45, 7) is 7.49. The van der Waals surface area contributed by atoms with E-state index >= 15 is 0 Å². The van der Waals surface area contributed by atoms with E-state index in [1.807, 2.05) is 54.6 Å². The predicted molar refractivity (Wildman–Crippen MR) is 92.1 cm³/mol. The minimum absolute atomic E-state index is 0.672. The summed E-state index contributed by atoms with van der Waals surface area (Å²) in [4.78, 5) is 4.76. The van der Waals surface area contributed by atoms with E-state index in [1.165, 1.54) is 0 Å². The van der Waals surface area contributed by atoms with Crippen LogP contribution in [0.5, 0.6) is 0 Å². The molecule has 0 aromatic heterocycles. The lowest BCUT2D eigenvalue weighted by atomic mass is 10.1. The number of nitrogens with one attached hydrogen (secondary N) is 1. The zero-order chi connectivity index (χ0) is 15.1. The quantitative estimate of drug-likeness (QED) is 0.463. The fraction of sp³-hybridized carbons (Fsp3) is 0.0556. The Hall–Kier alpha value is -2.81. The van der Waals surface area contributed by atoms with Crippen molar-refractivity contribution in [2.24, 2.45) is 4.99 Å². The predicted octanol–water partition coefficient (Wildman–Crippen LogP) is 4.52. The third-order valence-electron chi connectivity index (χ3n) is 2.97. The molecule has 106 valence electrons. The Labute approximate surface area is 125 Å². The number of hydrogen-bond acceptors (Lipinski definition) is 3. The van der Waals surface area contributed by atoms with Crippen LogP contribution in [0.15, 0.2) is 79.0 Å². The molecule has 0 aliphatic rings. The number of para-hydroxylation sites is 2. The fourth-order valence-electron chi connectivity index (χ4n) is 2.03. The van der Waals surface area contributed by atoms with E-state index in [1.54, 1.807) is 6.20 Å². The molecule has 0 aliphatic carbocycles. The number of hydrogen-bond donors (Lipinski definition) is 2. The van der Waals surface area contributed by atoms with Crippen LogP contribution in [0.4, 0.5) is 17.1 Å². The summed E-state index contributed by atoms with van der Waals surface area (Å²) in [5.74, 6) is 0. The first-order valence-corrected chi connectivity index (χ1v) is 6.75. The number of anilines is 2. The summed E-state index contributed by atoms with van der Waals surface area (Å²) < 4.78 is 0. The molecule has 2 aromatic rings. The van der Waals surface area contributed by atoms with Gasteiger partial charge in [0.25, 0.3) is 0 Å². The topological polar surface area (TPSA) is 50.4 Å². The van der Waals surface area contributed by atoms with Gasteiger partial charge in [-0.3, -0.25) is 4.99 Å². The van der Waals surface area contributed by atoms with Crippen molar-refractivity contribution in [3.05, 3.63) is 79.5 Å². The number of rotatable bonds is 6. The van der Waals surface area contributed by atoms with Crippen LogP contribution in [-0.2, 0) is 0 Å². The highest BCUT2D eigenvalue weighted by Crippen LogP contribution is 2.26. The van der Waals surface area contributed by atoms with Gasteiger partial charge in [-0.25, -0.2) is 0 Å². The van der Waals surface area contributed by atoms with Gasteiger partial charge in [0, 0.05) is 12.1 Å². The van der Waals surface area contributed by atoms with Crippen LogP contribution in [0.2, 0.25) is 0 Å². The molecule has 0 saturated carbocycles. The van der Waals surface area contributed by atoms with Crippen molar-refractivity contribution in [1.29, 1.82) is 0 Å². The molecule has 21 heavy (non-hydrogen) atoms. The van der Waals surface area contributed by atoms with Gasteiger partial charge in [0.15, 0.2) is 0 Å². The SMILES string of the molecule is C=CC/C(=N\c1ccccc1NC=C)c1cccc(N)c1. The molecule has 0 radical (unpaired) electrons. The molecule has 0 heterocycles. The number of nitrogens with two attached hydrogens (primary N) is 1. The van der Waals surface area contributed by atoms with Crippen molar-refractivity contribution < 1.29 is 0 Å². The number of aliphatic imine (C=N–C) groups is 1. The van der Waals surface area contributed by atoms with Crippen LogP contribution in [-0.4, -0.2) is 5.71 Å². The minimum Gasteiger partial charge on any atom is -0.399 e. The average molecular weight is 277 g/mol. The maximum Gasteiger partial charge on any atom is 0.0867 e. The van der Waals surface area contributed by atoms with Crippen LogP contribution in [0, 0.1) is 0 Å². The van der Waals surface area contributed by atoms with Crippen molar-refractivity contribution in [1.82, 2.24) is 0 Å². The summed E-state index contributed by atoms with van der Waals surface area (Å²) in [7, 11) is 0. The van der Waals surface area contributed by atoms with Crippen LogP contribution < -0.4 is 11.1 Å². The van der Waals surface area contributed by atoms with Gasteiger partial charge < -0.3 is 11.1 Å². The third kappa shape index (κ3) is 3.83. The van der Waals surface area contributed by atoms with Gasteiger partial charge in [-0.05, 0) is 36.0 Å². The first-order valence-electron chi connectivity index (χ1n) is 6.75. The van der Waals surface area contributed by atoms with Gasteiger partial charge in [-0.2, -0.15) is 0 Å². The van der Waals surface area contributed by atoms with Gasteiger partial charge in [0.2, 0.25) is 0 Å². The van der Waals surface area contributed by atoms with Crippen molar-refractivity contribution in [2.45, 2.75) is 6.42 Å². The zero-order valence-electron chi connectivity index (χ0n) is 11.9. The third-order valence-corrected chi connectivity index (χ3v) is 2.97. The highest BCUT2D eigenvalue weighted by molar-refractivity contribution is 6.04. The highest BCUT2D eigenvalue weighted by atomic mass is 14.9. The molecule has 0 unspecified atom stereocenters. The lowest BCUT2D eigenvalue weighted by Gasteiger charge is -2.09. The maximum absolute atomic E-state index is 5.86. The van der Waals surface area contributed by atoms with Crippen LogP contribution >= 0.6 is 0 Å². The maximum atomic E-state index is 5.86. The molecular formula is C18H19N3. The van der Waals surface area contributed by atoms with Crippen molar-refractivity contribution >= 4 is 22.8 Å². The van der Waals surface area contributed by atoms with E-state index in [2.05, 4.69) is 18.5 Å². The first kappa shape index (κ1) is 14.6. The standard InChI is InChI=1S/C18H19N3/c1-3-8-16(14-9-7-10-15(19)13-14)21-18-12-6-5-11-17(18)20-4-2/h3-7,9-13,20H,1-2,8,19H2/b21-16+. The van der Waals surface area contributed by atoms with Crippen LogP contribution in [0.3, 0.4) is 0 Å². The Kier molecular flexibility index (Phi) is 4.94. The van der Waals surface area contributed by atoms with E-state index in [-0.39, 0.29) is 0 Å². The minimum atomic E-state index is 0.672. The summed E-state index contributed by atoms with van der Waals surface area (Å²) in [6.07, 6.45) is 4.15. The van der Waals surface area contributed by atoms with Crippen molar-refractivity contribution in [3.63, 3.8) is 0 Å². The number of nitrogens with zero attached hydrogens (tertiary/aromatic N) is 1. The second kappa shape index (κ2) is 7.10. The number of nitrogen functional groups attached to an aromatic ring is 1. The highest BCUT2D eigenvalue weighted by Gasteiger charge is 2.05. The van der Waals surface area contributed by atoms with E-state index in [9.17, 15) is 0 Å². The fourth-order valence-corrected chi connectivity index (χ4v) is 2.03. The normalized spacial score (nSPS) is 11.0. The molecule has 0 aliphatic heterocycles. The Balaban J connectivity index is 2.47. The average Bonchev–Trinajstić information content (AvgIpc) is 2.49. The van der Waals surface area contributed by atoms with Crippen molar-refractivity contribution in [3.8, 4) is 0 Å². The number of benzene rings is 2. The molecule has 2 rings (SSSR count). The Morgan fingerprint density at radius 3 is 2.67 bits per heavy atom. The van der Waals surface area contributed by atoms with Gasteiger partial charge in [0.05, 0.1) is 17.1 Å². The Bertz CT molecular complexity index is 672. The summed E-state index contributed by atoms with van der Waals surface area (Å²) in [6, 6.07) is 15.6. The Morgan fingerprint density at radius 2 is 1.95 bits per heavy atom. The first-order chi connectivity index (χ1) is 10.2. The molecule has 2 aromatic carbocycles. The molecule has 3 heteroatoms. The zero-order valence-corrected chi connectivity index (χ0v) is 11.9. The second-order valence-corrected chi connectivity index (χ2v) is 4.54. The summed E-state index contributed by atoms with van der Waals surface area (Å²) in [5, 5.41) is 3.09. The van der Waals surface area contributed by atoms with E-state index in [0.717, 1.165) is 28.3 Å². The molecule has 3 N–H and O–H groups in total. The van der Waals surface area contributed by atoms with Gasteiger partial charge in [-0.1, -0.05) is 36.9 Å². The molecule has 0 amide bonds. The largest absolute Gasteiger partial charge is 0.399 e. The lowest BCUT2D eigenvalue weighted by Crippen LogP contribution is -2.00. The van der Waals surface area contributed by atoms with E-state index in [0.29, 0.717) is 6.42 Å². The lowest BCUT2D eigenvalue weighted by molar-refractivity contribution is 1.38. The molecule has 0 fully saturated rings. The van der Waals surface area contributed by atoms with Crippen LogP contribution in [0.1, 0.15) is 12.0 Å². The van der Waals surface area contributed by atoms with E-state index in [4.69, 9.17) is 10.7 Å². The van der Waals surface area contributed by atoms with Crippen molar-refractivity contribution in [2.75, 3.05) is 11.1 Å². The van der Waals surface area contributed by atoms with Gasteiger partial charge in [-0.15, -0.1) is 6.58 Å². The summed E-state index contributed by atoms with van der Waals surface area (Å²) in [5.41, 5.74) is 10.3. The molecule has 0 bridgehead atoms. The Morgan fingerprint density at radius 1 is 1.14 bits per heavy atom. The molecule has 3 nitrogen and oxygen atoms in total. The number of allylic oxidation sites excluding steroid dienone is 1.